The first kappa shape index (κ1) is 18.2. The predicted octanol–water partition coefficient (Wildman–Crippen LogP) is 3.11. The number of nitro benzene ring substituents is 1. The van der Waals surface area contributed by atoms with Gasteiger partial charge in [-0.2, -0.15) is 13.2 Å². The van der Waals surface area contributed by atoms with Gasteiger partial charge in [-0.25, -0.2) is 9.78 Å². The van der Waals surface area contributed by atoms with Gasteiger partial charge in [0.2, 0.25) is 0 Å². The number of nitro groups is 1. The van der Waals surface area contributed by atoms with Crippen LogP contribution < -0.4 is 0 Å². The van der Waals surface area contributed by atoms with E-state index in [1.54, 1.807) is 6.07 Å². The Labute approximate surface area is 139 Å². The number of aromatic nitrogens is 2. The molecule has 0 unspecified atom stereocenters. The normalized spacial score (nSPS) is 11.6. The van der Waals surface area contributed by atoms with Crippen molar-refractivity contribution < 1.29 is 27.6 Å². The number of hydrogen-bond acceptors (Lipinski definition) is 5. The maximum Gasteiger partial charge on any atom is 0.406 e. The third-order valence-electron chi connectivity index (χ3n) is 2.99. The molecule has 0 amide bonds. The summed E-state index contributed by atoms with van der Waals surface area (Å²) < 4.78 is 42.8. The van der Waals surface area contributed by atoms with Gasteiger partial charge in [0.15, 0.2) is 0 Å². The lowest BCUT2D eigenvalue weighted by Gasteiger charge is -2.10. The molecule has 25 heavy (non-hydrogen) atoms. The standard InChI is InChI=1S/C15H12F3N3O4/c16-15(17,18)10-20-7-6-19-13(20)9-25-14(22)5-4-11-2-1-3-12(8-11)21(23)24/h1-8H,9-10H2. The molecule has 7 nitrogen and oxygen atoms in total. The van der Waals surface area contributed by atoms with Crippen LogP contribution in [0.2, 0.25) is 0 Å². The van der Waals surface area contributed by atoms with Crippen molar-refractivity contribution in [2.75, 3.05) is 0 Å². The largest absolute Gasteiger partial charge is 0.454 e. The molecule has 1 aromatic carbocycles. The second-order valence-electron chi connectivity index (χ2n) is 4.88. The topological polar surface area (TPSA) is 87.3 Å². The number of carbonyl (C=O) groups is 1. The minimum Gasteiger partial charge on any atom is -0.454 e. The molecule has 0 atom stereocenters. The van der Waals surface area contributed by atoms with Crippen molar-refractivity contribution in [1.29, 1.82) is 0 Å². The Hall–Kier alpha value is -3.17. The zero-order chi connectivity index (χ0) is 18.4. The quantitative estimate of drug-likeness (QED) is 0.344. The van der Waals surface area contributed by atoms with E-state index in [0.717, 1.165) is 16.8 Å². The van der Waals surface area contributed by atoms with Gasteiger partial charge in [0, 0.05) is 30.6 Å². The number of esters is 1. The lowest BCUT2D eigenvalue weighted by Crippen LogP contribution is -2.19. The molecule has 132 valence electrons. The summed E-state index contributed by atoms with van der Waals surface area (Å²) in [6.07, 6.45) is 0.221. The van der Waals surface area contributed by atoms with E-state index in [1.807, 2.05) is 0 Å². The van der Waals surface area contributed by atoms with Crippen LogP contribution in [0, 0.1) is 10.1 Å². The Morgan fingerprint density at radius 1 is 1.40 bits per heavy atom. The third kappa shape index (κ3) is 5.75. The monoisotopic (exact) mass is 355 g/mol. The highest BCUT2D eigenvalue weighted by Crippen LogP contribution is 2.18. The van der Waals surface area contributed by atoms with Crippen molar-refractivity contribution in [3.8, 4) is 0 Å². The molecule has 2 aromatic rings. The van der Waals surface area contributed by atoms with Gasteiger partial charge < -0.3 is 9.30 Å². The van der Waals surface area contributed by atoms with Crippen molar-refractivity contribution in [2.24, 2.45) is 0 Å². The average Bonchev–Trinajstić information content (AvgIpc) is 2.96. The molecule has 0 fully saturated rings. The van der Waals surface area contributed by atoms with Crippen LogP contribution in [0.4, 0.5) is 18.9 Å². The number of alkyl halides is 3. The van der Waals surface area contributed by atoms with Gasteiger partial charge in [0.25, 0.3) is 5.69 Å². The van der Waals surface area contributed by atoms with Crippen LogP contribution in [0.15, 0.2) is 42.7 Å². The summed E-state index contributed by atoms with van der Waals surface area (Å²) in [7, 11) is 0. The molecule has 0 N–H and O–H groups in total. The molecule has 0 aliphatic carbocycles. The lowest BCUT2D eigenvalue weighted by atomic mass is 10.2. The molecular weight excluding hydrogens is 343 g/mol. The van der Waals surface area contributed by atoms with E-state index in [4.69, 9.17) is 4.74 Å². The Balaban J connectivity index is 1.94. The maximum atomic E-state index is 12.4. The minimum atomic E-state index is -4.42. The number of benzene rings is 1. The van der Waals surface area contributed by atoms with E-state index in [1.165, 1.54) is 30.5 Å². The molecule has 0 saturated heterocycles. The third-order valence-corrected chi connectivity index (χ3v) is 2.99. The van der Waals surface area contributed by atoms with E-state index in [-0.39, 0.29) is 11.5 Å². The van der Waals surface area contributed by atoms with Gasteiger partial charge in [-0.1, -0.05) is 12.1 Å². The van der Waals surface area contributed by atoms with Crippen LogP contribution in [0.5, 0.6) is 0 Å². The molecule has 10 heteroatoms. The molecule has 2 rings (SSSR count). The summed E-state index contributed by atoms with van der Waals surface area (Å²) in [6, 6.07) is 5.57. The second kappa shape index (κ2) is 7.60. The summed E-state index contributed by atoms with van der Waals surface area (Å²) in [5, 5.41) is 10.7. The number of hydrogen-bond donors (Lipinski definition) is 0. The molecule has 0 aliphatic rings. The molecule has 1 heterocycles. The van der Waals surface area contributed by atoms with Gasteiger partial charge in [-0.15, -0.1) is 0 Å². The number of ether oxygens (including phenoxy) is 1. The first-order valence-corrected chi connectivity index (χ1v) is 6.90. The Morgan fingerprint density at radius 2 is 2.16 bits per heavy atom. The zero-order valence-electron chi connectivity index (χ0n) is 12.6. The fourth-order valence-electron chi connectivity index (χ4n) is 1.91. The smallest absolute Gasteiger partial charge is 0.406 e. The van der Waals surface area contributed by atoms with Crippen LogP contribution >= 0.6 is 0 Å². The number of nitrogens with zero attached hydrogens (tertiary/aromatic N) is 3. The Kier molecular flexibility index (Phi) is 5.52. The summed E-state index contributed by atoms with van der Waals surface area (Å²) in [6.45, 7) is -1.66. The first-order chi connectivity index (χ1) is 11.7. The van der Waals surface area contributed by atoms with Gasteiger partial charge in [0.05, 0.1) is 4.92 Å². The number of non-ortho nitro benzene ring substituents is 1. The van der Waals surface area contributed by atoms with E-state index >= 15 is 0 Å². The summed E-state index contributed by atoms with van der Waals surface area (Å²) in [5.74, 6) is -0.859. The zero-order valence-corrected chi connectivity index (χ0v) is 12.6. The van der Waals surface area contributed by atoms with Crippen molar-refractivity contribution in [2.45, 2.75) is 19.3 Å². The van der Waals surface area contributed by atoms with Gasteiger partial charge in [0.1, 0.15) is 19.0 Å². The van der Waals surface area contributed by atoms with Gasteiger partial charge >= 0.3 is 12.1 Å². The average molecular weight is 355 g/mol. The summed E-state index contributed by atoms with van der Waals surface area (Å²) in [4.78, 5) is 25.4. The molecule has 0 spiro atoms. The second-order valence-corrected chi connectivity index (χ2v) is 4.88. The predicted molar refractivity (Wildman–Crippen MR) is 80.2 cm³/mol. The van der Waals surface area contributed by atoms with Crippen molar-refractivity contribution in [3.05, 3.63) is 64.2 Å². The molecule has 0 radical (unpaired) electrons. The van der Waals surface area contributed by atoms with E-state index in [0.29, 0.717) is 5.56 Å². The SMILES string of the molecule is O=C(C=Cc1cccc([N+](=O)[O-])c1)OCc1nccn1CC(F)(F)F. The van der Waals surface area contributed by atoms with Gasteiger partial charge in [-0.05, 0) is 11.6 Å². The number of imidazole rings is 1. The minimum absolute atomic E-state index is 0.0468. The van der Waals surface area contributed by atoms with Crippen LogP contribution in [0.25, 0.3) is 6.08 Å². The highest BCUT2D eigenvalue weighted by Gasteiger charge is 2.28. The molecular formula is C15H12F3N3O4. The molecule has 0 saturated carbocycles. The van der Waals surface area contributed by atoms with Crippen LogP contribution in [-0.4, -0.2) is 26.6 Å². The summed E-state index contributed by atoms with van der Waals surface area (Å²) in [5.41, 5.74) is 0.273. The maximum absolute atomic E-state index is 12.4. The van der Waals surface area contributed by atoms with Crippen molar-refractivity contribution in [1.82, 2.24) is 9.55 Å². The molecule has 0 aliphatic heterocycles. The number of carbonyl (C=O) groups excluding carboxylic acids is 1. The number of rotatable bonds is 6. The van der Waals surface area contributed by atoms with E-state index in [2.05, 4.69) is 4.98 Å². The fraction of sp³-hybridized carbons (Fsp3) is 0.200. The fourth-order valence-corrected chi connectivity index (χ4v) is 1.91. The lowest BCUT2D eigenvalue weighted by molar-refractivity contribution is -0.384. The van der Waals surface area contributed by atoms with Crippen LogP contribution in [0.1, 0.15) is 11.4 Å². The highest BCUT2D eigenvalue weighted by atomic mass is 19.4. The van der Waals surface area contributed by atoms with Crippen molar-refractivity contribution >= 4 is 17.7 Å². The van der Waals surface area contributed by atoms with E-state index in [9.17, 15) is 28.1 Å². The first-order valence-electron chi connectivity index (χ1n) is 6.90. The van der Waals surface area contributed by atoms with Crippen LogP contribution in [-0.2, 0) is 22.7 Å². The highest BCUT2D eigenvalue weighted by molar-refractivity contribution is 5.87. The summed E-state index contributed by atoms with van der Waals surface area (Å²) >= 11 is 0. The molecule has 1 aromatic heterocycles. The number of halogens is 3. The Bertz CT molecular complexity index is 799. The van der Waals surface area contributed by atoms with E-state index < -0.39 is 30.2 Å². The van der Waals surface area contributed by atoms with Gasteiger partial charge in [-0.3, -0.25) is 10.1 Å². The Morgan fingerprint density at radius 3 is 2.84 bits per heavy atom. The van der Waals surface area contributed by atoms with Crippen molar-refractivity contribution in [3.63, 3.8) is 0 Å². The molecule has 0 bridgehead atoms. The van der Waals surface area contributed by atoms with Crippen LogP contribution in [0.3, 0.4) is 0 Å².